The lowest BCUT2D eigenvalue weighted by atomic mass is 9.85. The van der Waals surface area contributed by atoms with E-state index in [-0.39, 0.29) is 5.41 Å². The van der Waals surface area contributed by atoms with Crippen LogP contribution in [0.3, 0.4) is 0 Å². The first-order chi connectivity index (χ1) is 22.7. The van der Waals surface area contributed by atoms with Gasteiger partial charge >= 0.3 is 0 Å². The second-order valence-electron chi connectivity index (χ2n) is 13.0. The highest BCUT2D eigenvalue weighted by atomic mass is 79.9. The van der Waals surface area contributed by atoms with Gasteiger partial charge in [0.25, 0.3) is 0 Å². The number of nitrogens with zero attached hydrogens (tertiary/aromatic N) is 1. The summed E-state index contributed by atoms with van der Waals surface area (Å²) in [5.41, 5.74) is 8.03. The molecule has 0 saturated carbocycles. The average molecular weight is 689 g/mol. The number of benzene rings is 4. The lowest BCUT2D eigenvalue weighted by molar-refractivity contribution is 0.287. The molecule has 0 aliphatic heterocycles. The van der Waals surface area contributed by atoms with Gasteiger partial charge in [-0.3, -0.25) is 0 Å². The molecule has 0 atom stereocenters. The number of aromatic nitrogens is 1. The van der Waals surface area contributed by atoms with Crippen LogP contribution in [0.4, 0.5) is 0 Å². The molecule has 0 fully saturated rings. The molecule has 0 radical (unpaired) electrons. The lowest BCUT2D eigenvalue weighted by Crippen LogP contribution is -2.07. The maximum absolute atomic E-state index is 6.10. The van der Waals surface area contributed by atoms with Gasteiger partial charge in [0.2, 0.25) is 0 Å². The molecule has 0 saturated heterocycles. The Kier molecular flexibility index (Phi) is 11.3. The predicted molar refractivity (Wildman–Crippen MR) is 206 cm³/mol. The van der Waals surface area contributed by atoms with E-state index >= 15 is 0 Å². The number of hydrogen-bond donors (Lipinski definition) is 0. The Balaban J connectivity index is 1.22. The summed E-state index contributed by atoms with van der Waals surface area (Å²) in [5.74, 6) is 1.80. The van der Waals surface area contributed by atoms with Crippen molar-refractivity contribution in [3.05, 3.63) is 137 Å². The Hall–Kier alpha value is -4.28. The van der Waals surface area contributed by atoms with Gasteiger partial charge in [0.15, 0.2) is 0 Å². The number of hydrogen-bond acceptors (Lipinski definition) is 2. The molecule has 0 aliphatic carbocycles. The van der Waals surface area contributed by atoms with Crippen molar-refractivity contribution in [2.24, 2.45) is 5.41 Å². The van der Waals surface area contributed by atoms with Crippen molar-refractivity contribution in [3.8, 4) is 17.2 Å². The summed E-state index contributed by atoms with van der Waals surface area (Å²) in [6.45, 7) is 18.4. The van der Waals surface area contributed by atoms with Crippen LogP contribution in [0.15, 0.2) is 126 Å². The van der Waals surface area contributed by atoms with Crippen molar-refractivity contribution >= 4 is 49.4 Å². The summed E-state index contributed by atoms with van der Waals surface area (Å²) in [5, 5.41) is 2.40. The third-order valence-electron chi connectivity index (χ3n) is 8.53. The van der Waals surface area contributed by atoms with E-state index in [1.54, 1.807) is 0 Å². The molecule has 1 aromatic heterocycles. The fourth-order valence-electron chi connectivity index (χ4n) is 5.87. The zero-order valence-corrected chi connectivity index (χ0v) is 29.8. The van der Waals surface area contributed by atoms with E-state index in [9.17, 15) is 0 Å². The first-order valence-electron chi connectivity index (χ1n) is 16.5. The van der Waals surface area contributed by atoms with E-state index in [0.717, 1.165) is 81.7 Å². The van der Waals surface area contributed by atoms with Crippen molar-refractivity contribution in [3.63, 3.8) is 0 Å². The largest absolute Gasteiger partial charge is 0.494 e. The van der Waals surface area contributed by atoms with Gasteiger partial charge < -0.3 is 14.0 Å². The van der Waals surface area contributed by atoms with E-state index < -0.39 is 0 Å². The van der Waals surface area contributed by atoms with Gasteiger partial charge in [0, 0.05) is 20.9 Å². The molecule has 4 heteroatoms. The molecule has 4 aromatic carbocycles. The van der Waals surface area contributed by atoms with Crippen LogP contribution >= 0.6 is 15.9 Å². The smallest absolute Gasteiger partial charge is 0.119 e. The van der Waals surface area contributed by atoms with Crippen molar-refractivity contribution in [2.45, 2.75) is 53.4 Å². The first kappa shape index (κ1) is 34.1. The van der Waals surface area contributed by atoms with E-state index in [2.05, 4.69) is 140 Å². The maximum Gasteiger partial charge on any atom is 0.119 e. The molecular formula is C43H46BrNO2. The highest BCUT2D eigenvalue weighted by molar-refractivity contribution is 9.10. The van der Waals surface area contributed by atoms with E-state index in [0.29, 0.717) is 6.61 Å². The fourth-order valence-corrected chi connectivity index (χ4v) is 6.23. The third kappa shape index (κ3) is 8.55. The second-order valence-corrected chi connectivity index (χ2v) is 13.9. The Labute approximate surface area is 289 Å². The van der Waals surface area contributed by atoms with Gasteiger partial charge in [-0.2, -0.15) is 0 Å². The number of halogens is 1. The Morgan fingerprint density at radius 3 is 1.89 bits per heavy atom. The van der Waals surface area contributed by atoms with Gasteiger partial charge in [-0.15, -0.1) is 0 Å². The minimum atomic E-state index is 0.0888. The van der Waals surface area contributed by atoms with Crippen LogP contribution in [0.1, 0.15) is 64.5 Å². The van der Waals surface area contributed by atoms with Gasteiger partial charge in [-0.05, 0) is 127 Å². The van der Waals surface area contributed by atoms with Gasteiger partial charge in [0.1, 0.15) is 11.5 Å². The fraction of sp³-hybridized carbons (Fsp3) is 0.256. The van der Waals surface area contributed by atoms with Crippen LogP contribution in [-0.4, -0.2) is 17.8 Å². The SMILES string of the molecule is C=Cc1ccc(OCCCCCCOc2ccc(-n3c4ccc(Br)cc4c4cc(C(=C)/C=C\C(=C/C)C(C)(C)C)ccc43)cc2)cc1. The summed E-state index contributed by atoms with van der Waals surface area (Å²) in [4.78, 5) is 0. The van der Waals surface area contributed by atoms with E-state index in [1.165, 1.54) is 16.3 Å². The molecule has 0 N–H and O–H groups in total. The molecule has 47 heavy (non-hydrogen) atoms. The number of rotatable bonds is 14. The summed E-state index contributed by atoms with van der Waals surface area (Å²) >= 11 is 3.70. The number of ether oxygens (including phenoxy) is 2. The van der Waals surface area contributed by atoms with Gasteiger partial charge in [-0.25, -0.2) is 0 Å². The molecule has 5 rings (SSSR count). The van der Waals surface area contributed by atoms with Crippen LogP contribution in [0.5, 0.6) is 11.5 Å². The molecule has 0 bridgehead atoms. The average Bonchev–Trinajstić information content (AvgIpc) is 3.38. The van der Waals surface area contributed by atoms with E-state index in [4.69, 9.17) is 9.47 Å². The van der Waals surface area contributed by atoms with Crippen molar-refractivity contribution in [1.82, 2.24) is 4.57 Å². The monoisotopic (exact) mass is 687 g/mol. The summed E-state index contributed by atoms with van der Waals surface area (Å²) < 4.78 is 15.3. The minimum Gasteiger partial charge on any atom is -0.494 e. The molecular weight excluding hydrogens is 642 g/mol. The van der Waals surface area contributed by atoms with Crippen molar-refractivity contribution < 1.29 is 9.47 Å². The maximum atomic E-state index is 6.10. The van der Waals surface area contributed by atoms with Crippen LogP contribution in [0, 0.1) is 5.41 Å². The second kappa shape index (κ2) is 15.5. The Bertz CT molecular complexity index is 1900. The number of unbranched alkanes of at least 4 members (excludes halogenated alkanes) is 3. The predicted octanol–water partition coefficient (Wildman–Crippen LogP) is 12.8. The van der Waals surface area contributed by atoms with Crippen molar-refractivity contribution in [2.75, 3.05) is 13.2 Å². The number of fused-ring (bicyclic) bond motifs is 3. The lowest BCUT2D eigenvalue weighted by Gasteiger charge is -2.20. The standard InChI is InChI=1S/C43H46BrNO2/c1-7-32-14-21-37(22-15-32)46-27-11-9-10-12-28-47-38-23-19-36(20-24-38)45-41-25-16-33(31(3)13-17-34(8-2)43(4,5)6)29-39(41)40-30-35(44)18-26-42(40)45/h7-8,13-26,29-30H,1,3,9-12,27-28H2,2,4-6H3/b17-13-,34-8+. The molecule has 242 valence electrons. The van der Waals surface area contributed by atoms with Gasteiger partial charge in [0.05, 0.1) is 24.2 Å². The number of allylic oxidation sites excluding steroid dienone is 5. The Morgan fingerprint density at radius 1 is 0.745 bits per heavy atom. The first-order valence-corrected chi connectivity index (χ1v) is 17.3. The zero-order chi connectivity index (χ0) is 33.4. The normalized spacial score (nSPS) is 12.2. The van der Waals surface area contributed by atoms with Crippen LogP contribution in [0.25, 0.3) is 39.1 Å². The Morgan fingerprint density at radius 2 is 1.32 bits per heavy atom. The minimum absolute atomic E-state index is 0.0888. The summed E-state index contributed by atoms with van der Waals surface area (Å²) in [7, 11) is 0. The van der Waals surface area contributed by atoms with Crippen LogP contribution in [0.2, 0.25) is 0 Å². The topological polar surface area (TPSA) is 23.4 Å². The summed E-state index contributed by atoms with van der Waals surface area (Å²) in [6, 6.07) is 29.6. The molecule has 0 amide bonds. The van der Waals surface area contributed by atoms with Crippen molar-refractivity contribution in [1.29, 1.82) is 0 Å². The quantitative estimate of drug-likeness (QED) is 0.0856. The molecule has 0 aliphatic rings. The zero-order valence-electron chi connectivity index (χ0n) is 28.2. The summed E-state index contributed by atoms with van der Waals surface area (Å²) in [6.07, 6.45) is 12.6. The molecule has 1 heterocycles. The van der Waals surface area contributed by atoms with Crippen LogP contribution < -0.4 is 9.47 Å². The highest BCUT2D eigenvalue weighted by Crippen LogP contribution is 2.36. The molecule has 0 unspecified atom stereocenters. The molecule has 5 aromatic rings. The highest BCUT2D eigenvalue weighted by Gasteiger charge is 2.15. The molecule has 3 nitrogen and oxygen atoms in total. The third-order valence-corrected chi connectivity index (χ3v) is 9.02. The molecule has 0 spiro atoms. The van der Waals surface area contributed by atoms with Gasteiger partial charge in [-0.1, -0.05) is 92.4 Å². The van der Waals surface area contributed by atoms with E-state index in [1.807, 2.05) is 30.3 Å². The van der Waals surface area contributed by atoms with Crippen LogP contribution in [-0.2, 0) is 0 Å².